The number of nitrogens with two attached hydrogens (primary N) is 1. The lowest BCUT2D eigenvalue weighted by atomic mass is 10.3. The van der Waals surface area contributed by atoms with Crippen LogP contribution in [-0.4, -0.2) is 31.2 Å². The molecule has 1 amide bonds. The van der Waals surface area contributed by atoms with E-state index in [0.29, 0.717) is 25.4 Å². The van der Waals surface area contributed by atoms with Crippen LogP contribution < -0.4 is 15.2 Å². The molecule has 1 aromatic rings. The largest absolute Gasteiger partial charge is 0.494 e. The Morgan fingerprint density at radius 1 is 1.14 bits per heavy atom. The van der Waals surface area contributed by atoms with Gasteiger partial charge in [0.2, 0.25) is 0 Å². The van der Waals surface area contributed by atoms with Crippen molar-refractivity contribution in [1.82, 2.24) is 0 Å². The van der Waals surface area contributed by atoms with Gasteiger partial charge in [-0.3, -0.25) is 9.59 Å². The highest BCUT2D eigenvalue weighted by Crippen LogP contribution is 2.17. The number of carbonyl (C=O) groups excluding carboxylic acids is 2. The zero-order valence-electron chi connectivity index (χ0n) is 12.3. The number of esters is 1. The van der Waals surface area contributed by atoms with Crippen molar-refractivity contribution in [2.75, 3.05) is 13.2 Å². The number of primary amides is 1. The summed E-state index contributed by atoms with van der Waals surface area (Å²) in [6.45, 7) is 4.36. The van der Waals surface area contributed by atoms with Gasteiger partial charge in [-0.05, 0) is 44.5 Å². The third kappa shape index (κ3) is 6.65. The van der Waals surface area contributed by atoms with Gasteiger partial charge < -0.3 is 19.9 Å². The molecule has 0 spiro atoms. The highest BCUT2D eigenvalue weighted by molar-refractivity contribution is 5.81. The Bertz CT molecular complexity index is 458. The number of benzene rings is 1. The molecular formula is C15H21NO5. The predicted octanol–water partition coefficient (Wildman–Crippen LogP) is 1.66. The standard InChI is InChI=1S/C15H21NO5/c1-3-19-12-6-8-13(9-7-12)20-10-4-5-14(17)21-11(2)15(16)18/h6-9,11H,3-5,10H2,1-2H3,(H2,16,18). The van der Waals surface area contributed by atoms with Crippen molar-refractivity contribution in [3.05, 3.63) is 24.3 Å². The van der Waals surface area contributed by atoms with E-state index in [9.17, 15) is 9.59 Å². The van der Waals surface area contributed by atoms with E-state index in [0.717, 1.165) is 5.75 Å². The van der Waals surface area contributed by atoms with E-state index >= 15 is 0 Å². The van der Waals surface area contributed by atoms with E-state index in [1.165, 1.54) is 6.92 Å². The molecule has 1 rings (SSSR count). The first-order valence-electron chi connectivity index (χ1n) is 6.87. The molecule has 116 valence electrons. The van der Waals surface area contributed by atoms with Crippen LogP contribution >= 0.6 is 0 Å². The molecule has 6 heteroatoms. The average Bonchev–Trinajstić information content (AvgIpc) is 2.45. The fourth-order valence-electron chi connectivity index (χ4n) is 1.52. The van der Waals surface area contributed by atoms with Crippen molar-refractivity contribution in [3.8, 4) is 11.5 Å². The van der Waals surface area contributed by atoms with Gasteiger partial charge in [0.05, 0.1) is 13.2 Å². The molecule has 2 N–H and O–H groups in total. The van der Waals surface area contributed by atoms with Crippen LogP contribution in [-0.2, 0) is 14.3 Å². The van der Waals surface area contributed by atoms with Gasteiger partial charge in [-0.1, -0.05) is 0 Å². The molecule has 21 heavy (non-hydrogen) atoms. The molecule has 0 aromatic heterocycles. The van der Waals surface area contributed by atoms with Gasteiger partial charge >= 0.3 is 5.97 Å². The molecule has 0 radical (unpaired) electrons. The lowest BCUT2D eigenvalue weighted by Gasteiger charge is -2.10. The van der Waals surface area contributed by atoms with Gasteiger partial charge in [-0.2, -0.15) is 0 Å². The molecule has 0 bridgehead atoms. The SMILES string of the molecule is CCOc1ccc(OCCCC(=O)OC(C)C(N)=O)cc1. The number of rotatable bonds is 9. The summed E-state index contributed by atoms with van der Waals surface area (Å²) >= 11 is 0. The topological polar surface area (TPSA) is 87.8 Å². The van der Waals surface area contributed by atoms with Gasteiger partial charge in [0.25, 0.3) is 5.91 Å². The Morgan fingerprint density at radius 3 is 2.24 bits per heavy atom. The zero-order chi connectivity index (χ0) is 15.7. The van der Waals surface area contributed by atoms with E-state index in [1.807, 2.05) is 19.1 Å². The summed E-state index contributed by atoms with van der Waals surface area (Å²) in [6.07, 6.45) is -0.226. The third-order valence-electron chi connectivity index (χ3n) is 2.64. The van der Waals surface area contributed by atoms with Crippen molar-refractivity contribution >= 4 is 11.9 Å². The Labute approximate surface area is 124 Å². The van der Waals surface area contributed by atoms with E-state index in [-0.39, 0.29) is 6.42 Å². The van der Waals surface area contributed by atoms with Gasteiger partial charge in [-0.25, -0.2) is 0 Å². The average molecular weight is 295 g/mol. The summed E-state index contributed by atoms with van der Waals surface area (Å²) < 4.78 is 15.6. The monoisotopic (exact) mass is 295 g/mol. The molecule has 0 aliphatic rings. The minimum Gasteiger partial charge on any atom is -0.494 e. The second-order valence-corrected chi connectivity index (χ2v) is 4.39. The lowest BCUT2D eigenvalue weighted by molar-refractivity contribution is -0.153. The second-order valence-electron chi connectivity index (χ2n) is 4.39. The fourth-order valence-corrected chi connectivity index (χ4v) is 1.52. The first kappa shape index (κ1) is 16.8. The highest BCUT2D eigenvalue weighted by Gasteiger charge is 2.13. The van der Waals surface area contributed by atoms with Gasteiger partial charge in [-0.15, -0.1) is 0 Å². The zero-order valence-corrected chi connectivity index (χ0v) is 12.3. The molecule has 0 saturated heterocycles. The molecule has 1 unspecified atom stereocenters. The maximum absolute atomic E-state index is 11.4. The summed E-state index contributed by atoms with van der Waals surface area (Å²) in [5.74, 6) is 0.372. The van der Waals surface area contributed by atoms with E-state index in [1.54, 1.807) is 12.1 Å². The molecule has 6 nitrogen and oxygen atoms in total. The maximum atomic E-state index is 11.4. The number of amides is 1. The molecule has 0 aliphatic carbocycles. The summed E-state index contributed by atoms with van der Waals surface area (Å²) in [6, 6.07) is 7.25. The minimum absolute atomic E-state index is 0.175. The molecular weight excluding hydrogens is 274 g/mol. The number of carbonyl (C=O) groups is 2. The van der Waals surface area contributed by atoms with Crippen molar-refractivity contribution < 1.29 is 23.8 Å². The van der Waals surface area contributed by atoms with Crippen LogP contribution in [0.5, 0.6) is 11.5 Å². The Kier molecular flexibility index (Phi) is 7.08. The van der Waals surface area contributed by atoms with Crippen molar-refractivity contribution in [2.45, 2.75) is 32.8 Å². The minimum atomic E-state index is -0.899. The van der Waals surface area contributed by atoms with Crippen molar-refractivity contribution in [2.24, 2.45) is 5.73 Å². The van der Waals surface area contributed by atoms with Crippen LogP contribution in [0.15, 0.2) is 24.3 Å². The second kappa shape index (κ2) is 8.84. The summed E-state index contributed by atoms with van der Waals surface area (Å²) in [7, 11) is 0. The summed E-state index contributed by atoms with van der Waals surface area (Å²) in [4.78, 5) is 22.1. The first-order valence-corrected chi connectivity index (χ1v) is 6.87. The molecule has 0 fully saturated rings. The summed E-state index contributed by atoms with van der Waals surface area (Å²) in [5.41, 5.74) is 5.00. The Balaban J connectivity index is 2.21. The highest BCUT2D eigenvalue weighted by atomic mass is 16.5. The van der Waals surface area contributed by atoms with Crippen LogP contribution in [0.4, 0.5) is 0 Å². The van der Waals surface area contributed by atoms with Crippen molar-refractivity contribution in [1.29, 1.82) is 0 Å². The number of ether oxygens (including phenoxy) is 3. The maximum Gasteiger partial charge on any atom is 0.306 e. The summed E-state index contributed by atoms with van der Waals surface area (Å²) in [5, 5.41) is 0. The smallest absolute Gasteiger partial charge is 0.306 e. The molecule has 0 heterocycles. The van der Waals surface area contributed by atoms with Crippen LogP contribution in [0.25, 0.3) is 0 Å². The van der Waals surface area contributed by atoms with Gasteiger partial charge in [0.1, 0.15) is 11.5 Å². The molecule has 1 atom stereocenters. The molecule has 1 aromatic carbocycles. The fraction of sp³-hybridized carbons (Fsp3) is 0.467. The Morgan fingerprint density at radius 2 is 1.71 bits per heavy atom. The number of hydrogen-bond donors (Lipinski definition) is 1. The van der Waals surface area contributed by atoms with Crippen LogP contribution in [0, 0.1) is 0 Å². The van der Waals surface area contributed by atoms with Gasteiger partial charge in [0, 0.05) is 6.42 Å². The molecule has 0 aliphatic heterocycles. The molecule has 0 saturated carbocycles. The van der Waals surface area contributed by atoms with E-state index in [2.05, 4.69) is 0 Å². The van der Waals surface area contributed by atoms with Gasteiger partial charge in [0.15, 0.2) is 6.10 Å². The van der Waals surface area contributed by atoms with Crippen LogP contribution in [0.3, 0.4) is 0 Å². The third-order valence-corrected chi connectivity index (χ3v) is 2.64. The normalized spacial score (nSPS) is 11.5. The van der Waals surface area contributed by atoms with Crippen LogP contribution in [0.2, 0.25) is 0 Å². The van der Waals surface area contributed by atoms with Crippen molar-refractivity contribution in [3.63, 3.8) is 0 Å². The van der Waals surface area contributed by atoms with E-state index in [4.69, 9.17) is 19.9 Å². The van der Waals surface area contributed by atoms with E-state index < -0.39 is 18.0 Å². The lowest BCUT2D eigenvalue weighted by Crippen LogP contribution is -2.30. The van der Waals surface area contributed by atoms with Crippen LogP contribution in [0.1, 0.15) is 26.7 Å². The predicted molar refractivity (Wildman–Crippen MR) is 77.1 cm³/mol. The first-order chi connectivity index (χ1) is 10.0. The Hall–Kier alpha value is -2.24. The quantitative estimate of drug-likeness (QED) is 0.553. The number of hydrogen-bond acceptors (Lipinski definition) is 5.